The third-order valence-electron chi connectivity index (χ3n) is 9.14. The SMILES string of the molecule is CC1(C)[C@H]2Cc3c(O)cccc3[C@]1(C)CCN2C(=O)C1CCC(CCCC(N)=O)CC1. The Morgan fingerprint density at radius 2 is 1.87 bits per heavy atom. The molecule has 1 aromatic carbocycles. The average Bonchev–Trinajstić information content (AvgIpc) is 2.71. The average molecular weight is 427 g/mol. The first-order valence-electron chi connectivity index (χ1n) is 12.1. The van der Waals surface area contributed by atoms with Gasteiger partial charge in [-0.1, -0.05) is 32.9 Å². The van der Waals surface area contributed by atoms with Gasteiger partial charge in [0, 0.05) is 30.3 Å². The number of nitrogens with two attached hydrogens (primary N) is 1. The van der Waals surface area contributed by atoms with Gasteiger partial charge in [-0.2, -0.15) is 0 Å². The van der Waals surface area contributed by atoms with Crippen molar-refractivity contribution in [2.45, 2.75) is 90.0 Å². The van der Waals surface area contributed by atoms with Gasteiger partial charge in [-0.3, -0.25) is 9.59 Å². The van der Waals surface area contributed by atoms with Gasteiger partial charge < -0.3 is 15.7 Å². The molecule has 0 unspecified atom stereocenters. The predicted molar refractivity (Wildman–Crippen MR) is 122 cm³/mol. The lowest BCUT2D eigenvalue weighted by Gasteiger charge is -2.61. The van der Waals surface area contributed by atoms with Gasteiger partial charge in [0.2, 0.25) is 11.8 Å². The smallest absolute Gasteiger partial charge is 0.225 e. The molecule has 0 radical (unpaired) electrons. The summed E-state index contributed by atoms with van der Waals surface area (Å²) in [6.07, 6.45) is 8.07. The molecule has 2 atom stereocenters. The molecule has 170 valence electrons. The Morgan fingerprint density at radius 1 is 1.16 bits per heavy atom. The Bertz CT molecular complexity index is 856. The maximum Gasteiger partial charge on any atom is 0.225 e. The largest absolute Gasteiger partial charge is 0.508 e. The lowest BCUT2D eigenvalue weighted by Crippen LogP contribution is -2.65. The van der Waals surface area contributed by atoms with E-state index in [4.69, 9.17) is 5.73 Å². The van der Waals surface area contributed by atoms with Gasteiger partial charge in [0.1, 0.15) is 5.75 Å². The molecule has 2 amide bonds. The Kier molecular flexibility index (Phi) is 5.82. The molecular formula is C26H38N2O3. The fourth-order valence-corrected chi connectivity index (χ4v) is 6.69. The highest BCUT2D eigenvalue weighted by Crippen LogP contribution is 2.57. The van der Waals surface area contributed by atoms with Crippen molar-refractivity contribution in [3.63, 3.8) is 0 Å². The number of piperidine rings is 1. The minimum atomic E-state index is -0.219. The third-order valence-corrected chi connectivity index (χ3v) is 9.14. The van der Waals surface area contributed by atoms with Gasteiger partial charge in [0.25, 0.3) is 0 Å². The van der Waals surface area contributed by atoms with Crippen LogP contribution in [0.2, 0.25) is 0 Å². The van der Waals surface area contributed by atoms with Crippen LogP contribution in [0.15, 0.2) is 18.2 Å². The molecule has 4 rings (SSSR count). The second kappa shape index (κ2) is 8.14. The number of amides is 2. The summed E-state index contributed by atoms with van der Waals surface area (Å²) >= 11 is 0. The van der Waals surface area contributed by atoms with Crippen molar-refractivity contribution in [2.75, 3.05) is 6.54 Å². The van der Waals surface area contributed by atoms with Gasteiger partial charge >= 0.3 is 0 Å². The van der Waals surface area contributed by atoms with Crippen LogP contribution in [0.3, 0.4) is 0 Å². The zero-order chi connectivity index (χ0) is 22.4. The first-order chi connectivity index (χ1) is 14.6. The maximum absolute atomic E-state index is 13.7. The highest BCUT2D eigenvalue weighted by atomic mass is 16.3. The molecule has 0 aromatic heterocycles. The molecule has 1 heterocycles. The van der Waals surface area contributed by atoms with Crippen LogP contribution in [-0.4, -0.2) is 34.4 Å². The van der Waals surface area contributed by atoms with E-state index in [0.717, 1.165) is 63.5 Å². The van der Waals surface area contributed by atoms with Crippen molar-refractivity contribution in [2.24, 2.45) is 23.0 Å². The molecule has 3 N–H and O–H groups in total. The minimum Gasteiger partial charge on any atom is -0.508 e. The van der Waals surface area contributed by atoms with E-state index in [0.29, 0.717) is 24.0 Å². The number of primary amides is 1. The Balaban J connectivity index is 1.46. The van der Waals surface area contributed by atoms with Crippen LogP contribution in [0.25, 0.3) is 0 Å². The highest BCUT2D eigenvalue weighted by molar-refractivity contribution is 5.80. The number of likely N-dealkylation sites (tertiary alicyclic amines) is 1. The lowest BCUT2D eigenvalue weighted by atomic mass is 9.51. The molecule has 31 heavy (non-hydrogen) atoms. The molecule has 5 heteroatoms. The Labute approximate surface area is 186 Å². The summed E-state index contributed by atoms with van der Waals surface area (Å²) in [7, 11) is 0. The molecule has 1 saturated heterocycles. The molecule has 3 aliphatic rings. The van der Waals surface area contributed by atoms with Gasteiger partial charge in [-0.25, -0.2) is 0 Å². The zero-order valence-corrected chi connectivity index (χ0v) is 19.3. The first kappa shape index (κ1) is 22.2. The van der Waals surface area contributed by atoms with Gasteiger partial charge in [0.15, 0.2) is 0 Å². The van der Waals surface area contributed by atoms with E-state index in [2.05, 4.69) is 31.7 Å². The number of aromatic hydroxyl groups is 1. The Hall–Kier alpha value is -2.04. The van der Waals surface area contributed by atoms with Crippen LogP contribution >= 0.6 is 0 Å². The van der Waals surface area contributed by atoms with E-state index in [1.54, 1.807) is 6.07 Å². The van der Waals surface area contributed by atoms with Crippen molar-refractivity contribution in [3.8, 4) is 5.75 Å². The number of hydrogen-bond acceptors (Lipinski definition) is 3. The van der Waals surface area contributed by atoms with Crippen LogP contribution < -0.4 is 5.73 Å². The number of nitrogens with zero attached hydrogens (tertiary/aromatic N) is 1. The fourth-order valence-electron chi connectivity index (χ4n) is 6.69. The molecule has 1 aliphatic heterocycles. The molecule has 1 aromatic rings. The monoisotopic (exact) mass is 426 g/mol. The van der Waals surface area contributed by atoms with Crippen molar-refractivity contribution in [3.05, 3.63) is 29.3 Å². The topological polar surface area (TPSA) is 83.6 Å². The van der Waals surface area contributed by atoms with Crippen molar-refractivity contribution < 1.29 is 14.7 Å². The van der Waals surface area contributed by atoms with Crippen molar-refractivity contribution in [1.29, 1.82) is 0 Å². The maximum atomic E-state index is 13.7. The van der Waals surface area contributed by atoms with Crippen molar-refractivity contribution in [1.82, 2.24) is 4.90 Å². The van der Waals surface area contributed by atoms with Crippen LogP contribution in [0.5, 0.6) is 5.75 Å². The van der Waals surface area contributed by atoms with E-state index < -0.39 is 0 Å². The number of carbonyl (C=O) groups excluding carboxylic acids is 2. The summed E-state index contributed by atoms with van der Waals surface area (Å²) < 4.78 is 0. The Morgan fingerprint density at radius 3 is 2.55 bits per heavy atom. The van der Waals surface area contributed by atoms with E-state index in [1.165, 1.54) is 5.56 Å². The van der Waals surface area contributed by atoms with Crippen molar-refractivity contribution >= 4 is 11.8 Å². The predicted octanol–water partition coefficient (Wildman–Crippen LogP) is 4.30. The fraction of sp³-hybridized carbons (Fsp3) is 0.692. The van der Waals surface area contributed by atoms with Gasteiger partial charge in [-0.15, -0.1) is 0 Å². The second-order valence-corrected chi connectivity index (χ2v) is 10.9. The second-order valence-electron chi connectivity index (χ2n) is 10.9. The van der Waals surface area contributed by atoms with Gasteiger partial charge in [0.05, 0.1) is 0 Å². The number of carbonyl (C=O) groups is 2. The lowest BCUT2D eigenvalue weighted by molar-refractivity contribution is -0.149. The molecule has 2 bridgehead atoms. The summed E-state index contributed by atoms with van der Waals surface area (Å²) in [6.45, 7) is 7.73. The zero-order valence-electron chi connectivity index (χ0n) is 19.3. The highest BCUT2D eigenvalue weighted by Gasteiger charge is 2.57. The van der Waals surface area contributed by atoms with Gasteiger partial charge in [-0.05, 0) is 79.9 Å². The summed E-state index contributed by atoms with van der Waals surface area (Å²) in [6, 6.07) is 6.02. The molecule has 2 aliphatic carbocycles. The van der Waals surface area contributed by atoms with Crippen LogP contribution in [-0.2, 0) is 21.4 Å². The van der Waals surface area contributed by atoms with Crippen LogP contribution in [0, 0.1) is 17.3 Å². The number of phenols is 1. The first-order valence-corrected chi connectivity index (χ1v) is 12.1. The molecular weight excluding hydrogens is 388 g/mol. The minimum absolute atomic E-state index is 0.0428. The van der Waals surface area contributed by atoms with Crippen LogP contribution in [0.4, 0.5) is 0 Å². The number of hydrogen-bond donors (Lipinski definition) is 2. The number of fused-ring (bicyclic) bond motifs is 4. The summed E-state index contributed by atoms with van der Waals surface area (Å²) in [5.74, 6) is 1.19. The quantitative estimate of drug-likeness (QED) is 0.736. The standard InChI is InChI=1S/C26H38N2O3/c1-25(2)22-16-19-20(7-5-8-21(19)29)26(25,3)14-15-28(22)24(31)18-12-10-17(11-13-18)6-4-9-23(27)30/h5,7-8,17-18,22,29H,4,6,9-16H2,1-3H3,(H2,27,30)/t17?,18?,22-,26+/m1/s1. The molecule has 2 fully saturated rings. The van der Waals surface area contributed by atoms with E-state index >= 15 is 0 Å². The van der Waals surface area contributed by atoms with E-state index in [9.17, 15) is 14.7 Å². The van der Waals surface area contributed by atoms with E-state index in [-0.39, 0.29) is 28.7 Å². The summed E-state index contributed by atoms with van der Waals surface area (Å²) in [5, 5.41) is 10.6. The number of phenolic OH excluding ortho intramolecular Hbond substituents is 1. The number of benzene rings is 1. The number of rotatable bonds is 5. The van der Waals surface area contributed by atoms with E-state index in [1.807, 2.05) is 6.07 Å². The molecule has 5 nitrogen and oxygen atoms in total. The molecule has 0 spiro atoms. The summed E-state index contributed by atoms with van der Waals surface area (Å²) in [5.41, 5.74) is 7.46. The van der Waals surface area contributed by atoms with Crippen LogP contribution in [0.1, 0.15) is 83.3 Å². The third kappa shape index (κ3) is 3.74. The molecule has 1 saturated carbocycles. The normalized spacial score (nSPS) is 31.7. The summed E-state index contributed by atoms with van der Waals surface area (Å²) in [4.78, 5) is 26.8.